The molecule has 1 N–H and O–H groups in total. The Hall–Kier alpha value is -1.90. The van der Waals surface area contributed by atoms with Crippen LogP contribution in [0.2, 0.25) is 0 Å². The van der Waals surface area contributed by atoms with E-state index in [4.69, 9.17) is 0 Å². The highest BCUT2D eigenvalue weighted by atomic mass is 16.1. The smallest absolute Gasteiger partial charge is 0.224 e. The third kappa shape index (κ3) is 2.53. The van der Waals surface area contributed by atoms with Gasteiger partial charge in [0.05, 0.1) is 12.3 Å². The van der Waals surface area contributed by atoms with Gasteiger partial charge in [0.2, 0.25) is 5.91 Å². The van der Waals surface area contributed by atoms with Crippen molar-refractivity contribution in [3.8, 4) is 0 Å². The van der Waals surface area contributed by atoms with Gasteiger partial charge in [-0.05, 0) is 36.5 Å². The summed E-state index contributed by atoms with van der Waals surface area (Å²) in [4.78, 5) is 16.1. The Morgan fingerprint density at radius 3 is 2.95 bits per heavy atom. The number of carbonyl (C=O) groups excluding carboxylic acids is 1. The normalized spacial score (nSPS) is 18.2. The monoisotopic (exact) mass is 268 g/mol. The van der Waals surface area contributed by atoms with E-state index >= 15 is 0 Å². The number of carbonyl (C=O) groups is 1. The predicted molar refractivity (Wildman–Crippen MR) is 82.2 cm³/mol. The van der Waals surface area contributed by atoms with Crippen molar-refractivity contribution in [1.82, 2.24) is 0 Å². The van der Waals surface area contributed by atoms with Crippen LogP contribution in [0.3, 0.4) is 0 Å². The van der Waals surface area contributed by atoms with Crippen molar-refractivity contribution in [2.75, 3.05) is 11.9 Å². The number of anilines is 1. The molecule has 1 saturated carbocycles. The first-order chi connectivity index (χ1) is 9.78. The van der Waals surface area contributed by atoms with Crippen molar-refractivity contribution in [3.05, 3.63) is 41.5 Å². The van der Waals surface area contributed by atoms with Crippen LogP contribution in [0.1, 0.15) is 38.2 Å². The van der Waals surface area contributed by atoms with Gasteiger partial charge in [0.15, 0.2) is 0 Å². The number of benzene rings is 1. The van der Waals surface area contributed by atoms with Crippen LogP contribution in [0, 0.1) is 5.92 Å². The number of nitrogens with zero attached hydrogens (tertiary/aromatic N) is 1. The quantitative estimate of drug-likeness (QED) is 0.891. The van der Waals surface area contributed by atoms with Crippen LogP contribution in [0.25, 0.3) is 0 Å². The molecular formula is C17H20N2O. The number of hydrogen-bond acceptors (Lipinski definition) is 2. The van der Waals surface area contributed by atoms with Crippen LogP contribution in [0.15, 0.2) is 40.9 Å². The molecule has 1 fully saturated rings. The maximum atomic E-state index is 11.5. The van der Waals surface area contributed by atoms with Crippen LogP contribution in [0.4, 0.5) is 5.69 Å². The van der Waals surface area contributed by atoms with E-state index in [1.807, 2.05) is 25.1 Å². The fraction of sp³-hybridized carbons (Fsp3) is 0.412. The van der Waals surface area contributed by atoms with Gasteiger partial charge in [-0.3, -0.25) is 9.79 Å². The lowest BCUT2D eigenvalue weighted by atomic mass is 9.77. The molecule has 1 aromatic rings. The summed E-state index contributed by atoms with van der Waals surface area (Å²) in [6.45, 7) is 2.66. The average Bonchev–Trinajstić information content (AvgIpc) is 2.86. The summed E-state index contributed by atoms with van der Waals surface area (Å²) in [7, 11) is 0. The van der Waals surface area contributed by atoms with Crippen LogP contribution >= 0.6 is 0 Å². The van der Waals surface area contributed by atoms with Gasteiger partial charge in [-0.25, -0.2) is 0 Å². The predicted octanol–water partition coefficient (Wildman–Crippen LogP) is 3.56. The molecule has 0 bridgehead atoms. The number of rotatable bonds is 4. The number of amides is 1. The van der Waals surface area contributed by atoms with E-state index in [9.17, 15) is 4.79 Å². The van der Waals surface area contributed by atoms with Crippen molar-refractivity contribution in [1.29, 1.82) is 0 Å². The third-order valence-corrected chi connectivity index (χ3v) is 4.12. The summed E-state index contributed by atoms with van der Waals surface area (Å²) in [5.41, 5.74) is 4.52. The molecule has 3 nitrogen and oxygen atoms in total. The molecule has 3 heteroatoms. The first-order valence-corrected chi connectivity index (χ1v) is 7.43. The first-order valence-electron chi connectivity index (χ1n) is 7.43. The van der Waals surface area contributed by atoms with Crippen molar-refractivity contribution in [2.45, 2.75) is 32.6 Å². The SMILES string of the molecule is CCC(=O)Nc1cccc(C2=NCC=C2C2CCC2)c1. The molecule has 0 atom stereocenters. The summed E-state index contributed by atoms with van der Waals surface area (Å²) < 4.78 is 0. The van der Waals surface area contributed by atoms with E-state index in [1.165, 1.54) is 24.8 Å². The number of allylic oxidation sites excluding steroid dienone is 1. The lowest BCUT2D eigenvalue weighted by molar-refractivity contribution is -0.115. The zero-order chi connectivity index (χ0) is 13.9. The van der Waals surface area contributed by atoms with Gasteiger partial charge in [0.1, 0.15) is 0 Å². The molecule has 1 heterocycles. The summed E-state index contributed by atoms with van der Waals surface area (Å²) in [6, 6.07) is 8.03. The largest absolute Gasteiger partial charge is 0.326 e. The Morgan fingerprint density at radius 2 is 2.25 bits per heavy atom. The highest BCUT2D eigenvalue weighted by molar-refractivity contribution is 6.14. The molecule has 0 spiro atoms. The van der Waals surface area contributed by atoms with Gasteiger partial charge in [-0.1, -0.05) is 31.6 Å². The highest BCUT2D eigenvalue weighted by Crippen LogP contribution is 2.36. The van der Waals surface area contributed by atoms with E-state index in [-0.39, 0.29) is 5.91 Å². The molecule has 0 aromatic heterocycles. The van der Waals surface area contributed by atoms with E-state index in [2.05, 4.69) is 22.5 Å². The Bertz CT molecular complexity index is 582. The van der Waals surface area contributed by atoms with E-state index < -0.39 is 0 Å². The Morgan fingerprint density at radius 1 is 1.40 bits per heavy atom. The molecule has 20 heavy (non-hydrogen) atoms. The minimum absolute atomic E-state index is 0.0465. The highest BCUT2D eigenvalue weighted by Gasteiger charge is 2.27. The van der Waals surface area contributed by atoms with E-state index in [0.29, 0.717) is 12.3 Å². The van der Waals surface area contributed by atoms with Gasteiger partial charge < -0.3 is 5.32 Å². The van der Waals surface area contributed by atoms with E-state index in [0.717, 1.165) is 23.5 Å². The minimum atomic E-state index is 0.0465. The molecule has 1 aliphatic heterocycles. The number of aliphatic imine (C=N–C) groups is 1. The maximum absolute atomic E-state index is 11.5. The second-order valence-corrected chi connectivity index (χ2v) is 5.46. The minimum Gasteiger partial charge on any atom is -0.326 e. The molecule has 104 valence electrons. The fourth-order valence-corrected chi connectivity index (χ4v) is 2.75. The lowest BCUT2D eigenvalue weighted by Gasteiger charge is -2.27. The van der Waals surface area contributed by atoms with Crippen LogP contribution in [0.5, 0.6) is 0 Å². The summed E-state index contributed by atoms with van der Waals surface area (Å²) >= 11 is 0. The van der Waals surface area contributed by atoms with Crippen molar-refractivity contribution >= 4 is 17.3 Å². The molecule has 0 saturated heterocycles. The maximum Gasteiger partial charge on any atom is 0.224 e. The zero-order valence-electron chi connectivity index (χ0n) is 11.9. The second kappa shape index (κ2) is 5.61. The second-order valence-electron chi connectivity index (χ2n) is 5.46. The average molecular weight is 268 g/mol. The van der Waals surface area contributed by atoms with Gasteiger partial charge in [-0.2, -0.15) is 0 Å². The molecule has 1 aliphatic carbocycles. The van der Waals surface area contributed by atoms with Gasteiger partial charge in [0, 0.05) is 17.7 Å². The van der Waals surface area contributed by atoms with E-state index in [1.54, 1.807) is 0 Å². The number of nitrogens with one attached hydrogen (secondary N) is 1. The van der Waals surface area contributed by atoms with Crippen molar-refractivity contribution in [3.63, 3.8) is 0 Å². The molecule has 1 amide bonds. The topological polar surface area (TPSA) is 41.5 Å². The number of hydrogen-bond donors (Lipinski definition) is 1. The molecule has 3 rings (SSSR count). The standard InChI is InChI=1S/C17H20N2O/c1-2-16(20)19-14-8-4-7-13(11-14)17-15(9-10-18-17)12-5-3-6-12/h4,7-9,11-12H,2-3,5-6,10H2,1H3,(H,19,20). The zero-order valence-corrected chi connectivity index (χ0v) is 11.9. The molecule has 1 aromatic carbocycles. The Kier molecular flexibility index (Phi) is 3.68. The Balaban J connectivity index is 1.81. The molecular weight excluding hydrogens is 248 g/mol. The Labute approximate surface area is 119 Å². The fourth-order valence-electron chi connectivity index (χ4n) is 2.75. The summed E-state index contributed by atoms with van der Waals surface area (Å²) in [5, 5.41) is 2.91. The van der Waals surface area contributed by atoms with Gasteiger partial charge >= 0.3 is 0 Å². The molecule has 2 aliphatic rings. The molecule has 0 unspecified atom stereocenters. The van der Waals surface area contributed by atoms with Crippen molar-refractivity contribution in [2.24, 2.45) is 10.9 Å². The summed E-state index contributed by atoms with van der Waals surface area (Å²) in [5.74, 6) is 0.746. The summed E-state index contributed by atoms with van der Waals surface area (Å²) in [6.07, 6.45) is 6.67. The van der Waals surface area contributed by atoms with Crippen molar-refractivity contribution < 1.29 is 4.79 Å². The third-order valence-electron chi connectivity index (χ3n) is 4.12. The molecule has 0 radical (unpaired) electrons. The first kappa shape index (κ1) is 13.1. The van der Waals surface area contributed by atoms with Crippen LogP contribution in [-0.2, 0) is 4.79 Å². The van der Waals surface area contributed by atoms with Gasteiger partial charge in [-0.15, -0.1) is 0 Å². The van der Waals surface area contributed by atoms with Crippen LogP contribution in [-0.4, -0.2) is 18.2 Å². The van der Waals surface area contributed by atoms with Gasteiger partial charge in [0.25, 0.3) is 0 Å². The lowest BCUT2D eigenvalue weighted by Crippen LogP contribution is -2.19. The van der Waals surface area contributed by atoms with Crippen LogP contribution < -0.4 is 5.32 Å².